The molecular weight excluding hydrogens is 512 g/mol. The molecule has 0 aliphatic rings. The molecule has 3 aromatic heterocycles. The molecule has 9 heteroatoms. The highest BCUT2D eigenvalue weighted by Gasteiger charge is 2.23. The van der Waals surface area contributed by atoms with E-state index in [0.29, 0.717) is 28.2 Å². The predicted octanol–water partition coefficient (Wildman–Crippen LogP) is 5.47. The van der Waals surface area contributed by atoms with Crippen LogP contribution in [0.15, 0.2) is 103 Å². The van der Waals surface area contributed by atoms with Crippen LogP contribution in [0.4, 0.5) is 5.69 Å². The van der Waals surface area contributed by atoms with Gasteiger partial charge in [0, 0.05) is 53.9 Å². The molecule has 8 nitrogen and oxygen atoms in total. The van der Waals surface area contributed by atoms with Gasteiger partial charge >= 0.3 is 0 Å². The lowest BCUT2D eigenvalue weighted by Crippen LogP contribution is -2.23. The van der Waals surface area contributed by atoms with Crippen LogP contribution in [0.5, 0.6) is 5.88 Å². The summed E-state index contributed by atoms with van der Waals surface area (Å²) in [6.45, 7) is 5.46. The van der Waals surface area contributed by atoms with E-state index in [1.165, 1.54) is 22.1 Å². The molecule has 0 saturated carbocycles. The maximum atomic E-state index is 13.7. The van der Waals surface area contributed by atoms with Crippen molar-refractivity contribution in [3.63, 3.8) is 0 Å². The summed E-state index contributed by atoms with van der Waals surface area (Å²) < 4.78 is 34.0. The number of anilines is 1. The van der Waals surface area contributed by atoms with Crippen LogP contribution in [-0.2, 0) is 14.8 Å². The Labute approximate surface area is 226 Å². The molecule has 5 rings (SSSR count). The molecule has 5 aromatic rings. The number of carbonyl (C=O) groups excluding carboxylic acids is 1. The highest BCUT2D eigenvalue weighted by molar-refractivity contribution is 7.90. The van der Waals surface area contributed by atoms with Crippen molar-refractivity contribution in [1.29, 1.82) is 0 Å². The van der Waals surface area contributed by atoms with Crippen LogP contribution in [0.25, 0.3) is 33.3 Å². The predicted molar refractivity (Wildman–Crippen MR) is 152 cm³/mol. The number of amides is 1. The van der Waals surface area contributed by atoms with E-state index >= 15 is 0 Å². The Kier molecular flexibility index (Phi) is 6.76. The van der Waals surface area contributed by atoms with E-state index in [4.69, 9.17) is 4.74 Å². The molecular formula is C30H26N4O4S. The summed E-state index contributed by atoms with van der Waals surface area (Å²) >= 11 is 0. The number of hydrogen-bond acceptors (Lipinski definition) is 6. The number of methoxy groups -OCH3 is 1. The van der Waals surface area contributed by atoms with Crippen molar-refractivity contribution in [2.75, 3.05) is 19.1 Å². The van der Waals surface area contributed by atoms with Crippen LogP contribution >= 0.6 is 0 Å². The first kappa shape index (κ1) is 25.9. The number of ether oxygens (including phenoxy) is 1. The third kappa shape index (κ3) is 4.80. The summed E-state index contributed by atoms with van der Waals surface area (Å²) in [5.74, 6) is 0.176. The van der Waals surface area contributed by atoms with Crippen molar-refractivity contribution in [3.05, 3.63) is 104 Å². The molecule has 2 aromatic carbocycles. The lowest BCUT2D eigenvalue weighted by Gasteiger charge is -2.16. The van der Waals surface area contributed by atoms with Crippen LogP contribution in [0.2, 0.25) is 0 Å². The molecule has 0 radical (unpaired) electrons. The van der Waals surface area contributed by atoms with E-state index in [1.807, 2.05) is 37.3 Å². The number of rotatable bonds is 7. The Morgan fingerprint density at radius 1 is 1.00 bits per heavy atom. The van der Waals surface area contributed by atoms with Gasteiger partial charge < -0.3 is 9.64 Å². The minimum atomic E-state index is -3.94. The average molecular weight is 539 g/mol. The zero-order valence-corrected chi connectivity index (χ0v) is 22.5. The Bertz CT molecular complexity index is 1830. The molecule has 0 atom stereocenters. The van der Waals surface area contributed by atoms with Gasteiger partial charge in [-0.25, -0.2) is 22.4 Å². The zero-order chi connectivity index (χ0) is 27.7. The van der Waals surface area contributed by atoms with Crippen LogP contribution in [0.3, 0.4) is 0 Å². The number of hydrogen-bond donors (Lipinski definition) is 0. The van der Waals surface area contributed by atoms with Crippen molar-refractivity contribution in [2.24, 2.45) is 0 Å². The fraction of sp³-hybridized carbons (Fsp3) is 0.100. The first-order chi connectivity index (χ1) is 18.7. The molecule has 0 N–H and O–H groups in total. The third-order valence-corrected chi connectivity index (χ3v) is 8.18. The molecule has 0 spiro atoms. The van der Waals surface area contributed by atoms with Crippen LogP contribution in [0.1, 0.15) is 5.56 Å². The quantitative estimate of drug-likeness (QED) is 0.255. The van der Waals surface area contributed by atoms with Gasteiger partial charge in [-0.2, -0.15) is 0 Å². The fourth-order valence-electron chi connectivity index (χ4n) is 4.32. The van der Waals surface area contributed by atoms with Gasteiger partial charge in [-0.05, 0) is 60.5 Å². The highest BCUT2D eigenvalue weighted by Crippen LogP contribution is 2.36. The van der Waals surface area contributed by atoms with Crippen LogP contribution in [-0.4, -0.2) is 42.4 Å². The SMILES string of the molecule is C=CC(=O)N(C)c1cccc(-c2cnc3c(c2)c(-c2ccnc(OC)c2)cn3S(=O)(=O)c2ccc(C)cc2)c1. The van der Waals surface area contributed by atoms with Gasteiger partial charge in [-0.3, -0.25) is 4.79 Å². The van der Waals surface area contributed by atoms with E-state index in [2.05, 4.69) is 16.5 Å². The lowest BCUT2D eigenvalue weighted by molar-refractivity contribution is -0.113. The number of likely N-dealkylation sites (N-methyl/N-ethyl adjacent to an activating group) is 1. The second kappa shape index (κ2) is 10.2. The lowest BCUT2D eigenvalue weighted by atomic mass is 10.0. The average Bonchev–Trinajstić information content (AvgIpc) is 3.36. The Morgan fingerprint density at radius 3 is 2.49 bits per heavy atom. The maximum absolute atomic E-state index is 13.7. The highest BCUT2D eigenvalue weighted by atomic mass is 32.2. The molecule has 0 bridgehead atoms. The molecule has 0 unspecified atom stereocenters. The molecule has 3 heterocycles. The first-order valence-electron chi connectivity index (χ1n) is 12.1. The second-order valence-corrected chi connectivity index (χ2v) is 10.8. The Hall–Kier alpha value is -4.76. The van der Waals surface area contributed by atoms with Crippen molar-refractivity contribution in [1.82, 2.24) is 13.9 Å². The first-order valence-corrected chi connectivity index (χ1v) is 13.5. The number of pyridine rings is 2. The topological polar surface area (TPSA) is 94.4 Å². The van der Waals surface area contributed by atoms with Gasteiger partial charge in [-0.1, -0.05) is 36.4 Å². The fourth-order valence-corrected chi connectivity index (χ4v) is 5.65. The van der Waals surface area contributed by atoms with Gasteiger partial charge in [0.1, 0.15) is 0 Å². The maximum Gasteiger partial charge on any atom is 0.269 e. The standard InChI is InChI=1S/C30H26N4O4S/c1-5-29(35)33(3)24-8-6-7-21(15-24)23-16-26-27(22-13-14-31-28(17-22)38-4)19-34(30(26)32-18-23)39(36,37)25-11-9-20(2)10-12-25/h5-19H,1H2,2-4H3. The van der Waals surface area contributed by atoms with E-state index in [-0.39, 0.29) is 10.8 Å². The summed E-state index contributed by atoms with van der Waals surface area (Å²) in [6.07, 6.45) is 6.08. The summed E-state index contributed by atoms with van der Waals surface area (Å²) in [6, 6.07) is 19.6. The van der Waals surface area contributed by atoms with Gasteiger partial charge in [0.2, 0.25) is 11.8 Å². The zero-order valence-electron chi connectivity index (χ0n) is 21.7. The van der Waals surface area contributed by atoms with Crippen molar-refractivity contribution >= 4 is 32.7 Å². The number of nitrogens with zero attached hydrogens (tertiary/aromatic N) is 4. The smallest absolute Gasteiger partial charge is 0.269 e. The monoisotopic (exact) mass is 538 g/mol. The number of aryl methyl sites for hydroxylation is 1. The summed E-state index contributed by atoms with van der Waals surface area (Å²) in [4.78, 5) is 22.6. The molecule has 0 fully saturated rings. The number of aromatic nitrogens is 3. The molecule has 0 aliphatic carbocycles. The van der Waals surface area contributed by atoms with E-state index < -0.39 is 10.0 Å². The van der Waals surface area contributed by atoms with Gasteiger partial charge in [0.25, 0.3) is 10.0 Å². The second-order valence-electron chi connectivity index (χ2n) is 8.99. The summed E-state index contributed by atoms with van der Waals surface area (Å²) in [7, 11) is -0.737. The number of fused-ring (bicyclic) bond motifs is 1. The largest absolute Gasteiger partial charge is 0.481 e. The Morgan fingerprint density at radius 2 is 1.77 bits per heavy atom. The normalized spacial score (nSPS) is 11.4. The van der Waals surface area contributed by atoms with Gasteiger partial charge in [0.15, 0.2) is 5.65 Å². The van der Waals surface area contributed by atoms with Crippen molar-refractivity contribution in [2.45, 2.75) is 11.8 Å². The molecule has 39 heavy (non-hydrogen) atoms. The molecule has 1 amide bonds. The van der Waals surface area contributed by atoms with E-state index in [9.17, 15) is 13.2 Å². The van der Waals surface area contributed by atoms with Gasteiger partial charge in [-0.15, -0.1) is 0 Å². The van der Waals surface area contributed by atoms with Crippen molar-refractivity contribution < 1.29 is 17.9 Å². The third-order valence-electron chi connectivity index (χ3n) is 6.52. The number of benzene rings is 2. The summed E-state index contributed by atoms with van der Waals surface area (Å²) in [5, 5.41) is 0.636. The molecule has 196 valence electrons. The van der Waals surface area contributed by atoms with Crippen LogP contribution < -0.4 is 9.64 Å². The molecule has 0 saturated heterocycles. The van der Waals surface area contributed by atoms with Gasteiger partial charge in [0.05, 0.1) is 12.0 Å². The van der Waals surface area contributed by atoms with Crippen LogP contribution in [0, 0.1) is 6.92 Å². The summed E-state index contributed by atoms with van der Waals surface area (Å²) in [5.41, 5.74) is 4.91. The Balaban J connectivity index is 1.72. The van der Waals surface area contributed by atoms with Crippen molar-refractivity contribution in [3.8, 4) is 28.1 Å². The minimum absolute atomic E-state index is 0.164. The molecule has 0 aliphatic heterocycles. The van der Waals surface area contributed by atoms with E-state index in [0.717, 1.165) is 22.3 Å². The number of carbonyl (C=O) groups is 1. The van der Waals surface area contributed by atoms with E-state index in [1.54, 1.807) is 62.0 Å². The minimum Gasteiger partial charge on any atom is -0.481 e.